The molecule has 1 unspecified atom stereocenters. The normalized spacial score (nSPS) is 17.4. The lowest BCUT2D eigenvalue weighted by molar-refractivity contribution is 0.206. The van der Waals surface area contributed by atoms with Crippen molar-refractivity contribution in [1.82, 2.24) is 15.0 Å². The van der Waals surface area contributed by atoms with Crippen LogP contribution in [-0.4, -0.2) is 15.0 Å². The molecule has 5 nitrogen and oxygen atoms in total. The highest BCUT2D eigenvalue weighted by molar-refractivity contribution is 5.43. The summed E-state index contributed by atoms with van der Waals surface area (Å²) in [6, 6.07) is 6.56. The Labute approximate surface area is 129 Å². The van der Waals surface area contributed by atoms with Gasteiger partial charge in [-0.3, -0.25) is 0 Å². The Hall–Kier alpha value is -2.24. The average Bonchev–Trinajstić information content (AvgIpc) is 2.80. The van der Waals surface area contributed by atoms with Gasteiger partial charge in [-0.2, -0.15) is 15.0 Å². The number of anilines is 2. The minimum absolute atomic E-state index is 0.0284. The van der Waals surface area contributed by atoms with Crippen LogP contribution >= 0.6 is 0 Å². The third kappa shape index (κ3) is 2.86. The highest BCUT2D eigenvalue weighted by Gasteiger charge is 2.26. The Morgan fingerprint density at radius 3 is 2.77 bits per heavy atom. The van der Waals surface area contributed by atoms with E-state index in [0.29, 0.717) is 5.95 Å². The zero-order chi connectivity index (χ0) is 15.9. The number of aromatic nitrogens is 3. The second-order valence-corrected chi connectivity index (χ2v) is 6.25. The Kier molecular flexibility index (Phi) is 3.47. The van der Waals surface area contributed by atoms with Crippen molar-refractivity contribution in [3.8, 4) is 0 Å². The zero-order valence-electron chi connectivity index (χ0n) is 13.0. The molecule has 2 aromatic rings. The molecule has 0 amide bonds. The second kappa shape index (κ2) is 5.19. The minimum Gasteiger partial charge on any atom is -0.368 e. The molecule has 6 heteroatoms. The average molecular weight is 301 g/mol. The van der Waals surface area contributed by atoms with Gasteiger partial charge in [-0.25, -0.2) is 4.39 Å². The molecule has 0 spiro atoms. The van der Waals surface area contributed by atoms with Crippen molar-refractivity contribution in [2.75, 3.05) is 11.1 Å². The van der Waals surface area contributed by atoms with Crippen molar-refractivity contribution >= 4 is 11.9 Å². The number of nitrogens with two attached hydrogens (primary N) is 1. The summed E-state index contributed by atoms with van der Waals surface area (Å²) in [6.07, 6.45) is 1.97. The topological polar surface area (TPSA) is 76.7 Å². The first-order valence-corrected chi connectivity index (χ1v) is 7.40. The molecule has 1 aromatic carbocycles. The molecular weight excluding hydrogens is 281 g/mol. The molecule has 1 atom stereocenters. The predicted molar refractivity (Wildman–Crippen MR) is 84.2 cm³/mol. The Morgan fingerprint density at radius 2 is 2.05 bits per heavy atom. The van der Waals surface area contributed by atoms with Crippen LogP contribution in [0.5, 0.6) is 0 Å². The summed E-state index contributed by atoms with van der Waals surface area (Å²) in [6.45, 7) is 4.87. The lowest BCUT2D eigenvalue weighted by atomic mass is 10.1. The summed E-state index contributed by atoms with van der Waals surface area (Å²) in [5.74, 6) is 0.401. The maximum Gasteiger partial charge on any atom is 0.228 e. The fourth-order valence-corrected chi connectivity index (χ4v) is 2.75. The Balaban J connectivity index is 1.89. The second-order valence-electron chi connectivity index (χ2n) is 6.25. The highest BCUT2D eigenvalue weighted by Crippen LogP contribution is 2.34. The van der Waals surface area contributed by atoms with E-state index in [2.05, 4.69) is 45.4 Å². The molecule has 3 N–H and O–H groups in total. The summed E-state index contributed by atoms with van der Waals surface area (Å²) in [4.78, 5) is 12.1. The molecule has 0 saturated carbocycles. The number of hydrogen-bond donors (Lipinski definition) is 2. The number of aryl methyl sites for hydroxylation is 2. The lowest BCUT2D eigenvalue weighted by Gasteiger charge is -2.17. The number of nitrogens with one attached hydrogen (secondary N) is 1. The van der Waals surface area contributed by atoms with Gasteiger partial charge in [-0.1, -0.05) is 23.8 Å². The van der Waals surface area contributed by atoms with E-state index in [0.717, 1.165) is 12.8 Å². The van der Waals surface area contributed by atoms with Crippen LogP contribution < -0.4 is 11.1 Å². The Morgan fingerprint density at radius 1 is 1.27 bits per heavy atom. The number of rotatable bonds is 3. The van der Waals surface area contributed by atoms with Crippen molar-refractivity contribution in [1.29, 1.82) is 0 Å². The molecule has 116 valence electrons. The third-order valence-electron chi connectivity index (χ3n) is 3.87. The van der Waals surface area contributed by atoms with Gasteiger partial charge < -0.3 is 11.1 Å². The number of fused-ring (bicyclic) bond motifs is 1. The maximum atomic E-state index is 14.1. The van der Waals surface area contributed by atoms with E-state index >= 15 is 0 Å². The van der Waals surface area contributed by atoms with Crippen LogP contribution in [0.3, 0.4) is 0 Å². The van der Waals surface area contributed by atoms with E-state index in [1.54, 1.807) is 0 Å². The van der Waals surface area contributed by atoms with E-state index in [4.69, 9.17) is 5.73 Å². The number of halogens is 1. The van der Waals surface area contributed by atoms with Gasteiger partial charge in [-0.15, -0.1) is 0 Å². The molecular formula is C16H20FN5. The van der Waals surface area contributed by atoms with Crippen LogP contribution in [0, 0.1) is 6.92 Å². The van der Waals surface area contributed by atoms with E-state index in [1.165, 1.54) is 30.5 Å². The molecule has 1 aromatic heterocycles. The Bertz CT molecular complexity index is 708. The van der Waals surface area contributed by atoms with Crippen LogP contribution in [-0.2, 0) is 12.1 Å². The smallest absolute Gasteiger partial charge is 0.228 e. The van der Waals surface area contributed by atoms with Gasteiger partial charge in [0.15, 0.2) is 11.5 Å². The molecule has 1 aliphatic rings. The lowest BCUT2D eigenvalue weighted by Crippen LogP contribution is -2.19. The molecule has 22 heavy (non-hydrogen) atoms. The molecule has 0 radical (unpaired) electrons. The van der Waals surface area contributed by atoms with E-state index < -0.39 is 5.67 Å². The predicted octanol–water partition coefficient (Wildman–Crippen LogP) is 3.07. The largest absolute Gasteiger partial charge is 0.368 e. The summed E-state index contributed by atoms with van der Waals surface area (Å²) in [5, 5.41) is 3.27. The molecule has 1 aliphatic carbocycles. The van der Waals surface area contributed by atoms with E-state index in [1.807, 2.05) is 0 Å². The van der Waals surface area contributed by atoms with Gasteiger partial charge in [0.25, 0.3) is 0 Å². The number of nitrogens with zero attached hydrogens (tertiary/aromatic N) is 3. The molecule has 0 bridgehead atoms. The fraction of sp³-hybridized carbons (Fsp3) is 0.438. The first kappa shape index (κ1) is 14.7. The van der Waals surface area contributed by atoms with Crippen molar-refractivity contribution in [2.45, 2.75) is 45.3 Å². The number of hydrogen-bond acceptors (Lipinski definition) is 5. The SMILES string of the molecule is Cc1ccc2c(c1)C(Nc1nc(N)nc(C(C)(C)F)n1)CC2. The molecule has 1 heterocycles. The summed E-state index contributed by atoms with van der Waals surface area (Å²) in [5.41, 5.74) is 7.82. The summed E-state index contributed by atoms with van der Waals surface area (Å²) in [7, 11) is 0. The van der Waals surface area contributed by atoms with Gasteiger partial charge >= 0.3 is 0 Å². The van der Waals surface area contributed by atoms with Crippen LogP contribution in [0.25, 0.3) is 0 Å². The minimum atomic E-state index is -1.66. The van der Waals surface area contributed by atoms with Gasteiger partial charge in [0, 0.05) is 0 Å². The monoisotopic (exact) mass is 301 g/mol. The number of nitrogen functional groups attached to an aromatic ring is 1. The van der Waals surface area contributed by atoms with Crippen LogP contribution in [0.2, 0.25) is 0 Å². The van der Waals surface area contributed by atoms with Gasteiger partial charge in [-0.05, 0) is 44.7 Å². The van der Waals surface area contributed by atoms with Gasteiger partial charge in [0.05, 0.1) is 6.04 Å². The summed E-state index contributed by atoms with van der Waals surface area (Å²) < 4.78 is 14.1. The fourth-order valence-electron chi connectivity index (χ4n) is 2.75. The molecule has 0 fully saturated rings. The number of alkyl halides is 1. The third-order valence-corrected chi connectivity index (χ3v) is 3.87. The van der Waals surface area contributed by atoms with Crippen LogP contribution in [0.1, 0.15) is 48.8 Å². The summed E-state index contributed by atoms with van der Waals surface area (Å²) >= 11 is 0. The zero-order valence-corrected chi connectivity index (χ0v) is 13.0. The van der Waals surface area contributed by atoms with Gasteiger partial charge in [0.2, 0.25) is 11.9 Å². The van der Waals surface area contributed by atoms with Crippen molar-refractivity contribution in [3.05, 3.63) is 40.7 Å². The molecule has 0 aliphatic heterocycles. The van der Waals surface area contributed by atoms with Gasteiger partial charge in [0.1, 0.15) is 0 Å². The van der Waals surface area contributed by atoms with Crippen LogP contribution in [0.4, 0.5) is 16.3 Å². The highest BCUT2D eigenvalue weighted by atomic mass is 19.1. The van der Waals surface area contributed by atoms with E-state index in [-0.39, 0.29) is 17.8 Å². The van der Waals surface area contributed by atoms with E-state index in [9.17, 15) is 4.39 Å². The first-order chi connectivity index (χ1) is 10.3. The number of benzene rings is 1. The van der Waals surface area contributed by atoms with Crippen molar-refractivity contribution in [3.63, 3.8) is 0 Å². The van der Waals surface area contributed by atoms with Crippen molar-refractivity contribution in [2.24, 2.45) is 0 Å². The maximum absolute atomic E-state index is 14.1. The molecule has 0 saturated heterocycles. The standard InChI is InChI=1S/C16H20FN5/c1-9-4-5-10-6-7-12(11(10)8-9)19-15-21-13(16(2,3)17)20-14(18)22-15/h4-5,8,12H,6-7H2,1-3H3,(H3,18,19,20,21,22). The van der Waals surface area contributed by atoms with Crippen molar-refractivity contribution < 1.29 is 4.39 Å². The molecule has 3 rings (SSSR count). The van der Waals surface area contributed by atoms with Crippen LogP contribution in [0.15, 0.2) is 18.2 Å². The quantitative estimate of drug-likeness (QED) is 0.911. The first-order valence-electron chi connectivity index (χ1n) is 7.40.